The molecule has 0 aromatic heterocycles. The van der Waals surface area contributed by atoms with Gasteiger partial charge in [0.25, 0.3) is 0 Å². The summed E-state index contributed by atoms with van der Waals surface area (Å²) in [7, 11) is -3.06. The lowest BCUT2D eigenvalue weighted by molar-refractivity contribution is 0.280. The van der Waals surface area contributed by atoms with E-state index in [0.29, 0.717) is 25.0 Å². The monoisotopic (exact) mass is 407 g/mol. The molecule has 1 aromatic rings. The van der Waals surface area contributed by atoms with E-state index in [2.05, 4.69) is 46.7 Å². The van der Waals surface area contributed by atoms with Crippen molar-refractivity contribution in [2.24, 2.45) is 10.9 Å². The van der Waals surface area contributed by atoms with Gasteiger partial charge in [0.2, 0.25) is 10.0 Å². The number of rotatable bonds is 6. The first-order chi connectivity index (χ1) is 13.5. The van der Waals surface area contributed by atoms with Crippen LogP contribution in [0.2, 0.25) is 0 Å². The second kappa shape index (κ2) is 9.60. The molecule has 2 N–H and O–H groups in total. The topological polar surface area (TPSA) is 77.0 Å². The third kappa shape index (κ3) is 5.85. The van der Waals surface area contributed by atoms with Crippen LogP contribution in [0.3, 0.4) is 0 Å². The van der Waals surface area contributed by atoms with Crippen LogP contribution in [0, 0.1) is 5.92 Å². The van der Waals surface area contributed by atoms with Crippen LogP contribution in [0.15, 0.2) is 35.3 Å². The van der Waals surface area contributed by atoms with Crippen LogP contribution in [-0.4, -0.2) is 70.2 Å². The Hall–Kier alpha value is -1.80. The first-order valence-corrected chi connectivity index (χ1v) is 12.1. The summed E-state index contributed by atoms with van der Waals surface area (Å²) in [5.41, 5.74) is 1.27. The SMILES string of the molecule is CCNC(=NCC1CCN(S(C)(=O)=O)CC1)NC1CCN(c2ccccc2)C1. The van der Waals surface area contributed by atoms with Crippen molar-refractivity contribution >= 4 is 21.7 Å². The maximum atomic E-state index is 11.6. The highest BCUT2D eigenvalue weighted by molar-refractivity contribution is 7.88. The zero-order valence-electron chi connectivity index (χ0n) is 17.0. The second-order valence-electron chi connectivity index (χ2n) is 7.74. The van der Waals surface area contributed by atoms with E-state index in [1.807, 2.05) is 6.07 Å². The largest absolute Gasteiger partial charge is 0.369 e. The van der Waals surface area contributed by atoms with Crippen molar-refractivity contribution in [3.63, 3.8) is 0 Å². The summed E-state index contributed by atoms with van der Waals surface area (Å²) in [6.45, 7) is 6.88. The molecule has 156 valence electrons. The van der Waals surface area contributed by atoms with E-state index in [1.54, 1.807) is 4.31 Å². The van der Waals surface area contributed by atoms with Crippen LogP contribution in [0.1, 0.15) is 26.2 Å². The third-order valence-electron chi connectivity index (χ3n) is 5.54. The van der Waals surface area contributed by atoms with Gasteiger partial charge in [-0.2, -0.15) is 0 Å². The van der Waals surface area contributed by atoms with Crippen LogP contribution in [-0.2, 0) is 10.0 Å². The molecular weight excluding hydrogens is 374 g/mol. The van der Waals surface area contributed by atoms with E-state index in [0.717, 1.165) is 51.4 Å². The lowest BCUT2D eigenvalue weighted by atomic mass is 9.98. The summed E-state index contributed by atoms with van der Waals surface area (Å²) in [5.74, 6) is 1.31. The Labute approximate surface area is 169 Å². The number of hydrogen-bond donors (Lipinski definition) is 2. The molecule has 0 aliphatic carbocycles. The van der Waals surface area contributed by atoms with Gasteiger partial charge in [-0.25, -0.2) is 12.7 Å². The Balaban J connectivity index is 1.50. The minimum atomic E-state index is -3.06. The van der Waals surface area contributed by atoms with Gasteiger partial charge in [0, 0.05) is 51.0 Å². The number of guanidine groups is 1. The van der Waals surface area contributed by atoms with E-state index in [9.17, 15) is 8.42 Å². The minimum Gasteiger partial charge on any atom is -0.369 e. The van der Waals surface area contributed by atoms with Crippen LogP contribution in [0.25, 0.3) is 0 Å². The Morgan fingerprint density at radius 1 is 1.14 bits per heavy atom. The van der Waals surface area contributed by atoms with Crippen LogP contribution in [0.5, 0.6) is 0 Å². The maximum Gasteiger partial charge on any atom is 0.211 e. The van der Waals surface area contributed by atoms with Crippen LogP contribution >= 0.6 is 0 Å². The Kier molecular flexibility index (Phi) is 7.18. The van der Waals surface area contributed by atoms with Crippen molar-refractivity contribution in [1.82, 2.24) is 14.9 Å². The number of piperidine rings is 1. The smallest absolute Gasteiger partial charge is 0.211 e. The quantitative estimate of drug-likeness (QED) is 0.552. The van der Waals surface area contributed by atoms with Gasteiger partial charge in [-0.05, 0) is 44.2 Å². The Morgan fingerprint density at radius 2 is 1.86 bits per heavy atom. The molecule has 0 bridgehead atoms. The van der Waals surface area contributed by atoms with E-state index < -0.39 is 10.0 Å². The summed E-state index contributed by atoms with van der Waals surface area (Å²) < 4.78 is 24.9. The average molecular weight is 408 g/mol. The molecule has 2 fully saturated rings. The normalized spacial score (nSPS) is 22.4. The summed E-state index contributed by atoms with van der Waals surface area (Å²) in [5, 5.41) is 6.93. The van der Waals surface area contributed by atoms with Crippen molar-refractivity contribution in [1.29, 1.82) is 0 Å². The molecule has 7 nitrogen and oxygen atoms in total. The molecule has 8 heteroatoms. The Bertz CT molecular complexity index is 745. The number of anilines is 1. The minimum absolute atomic E-state index is 0.380. The zero-order chi connectivity index (χ0) is 20.0. The third-order valence-corrected chi connectivity index (χ3v) is 6.85. The van der Waals surface area contributed by atoms with E-state index >= 15 is 0 Å². The summed E-state index contributed by atoms with van der Waals surface area (Å²) in [6, 6.07) is 10.9. The van der Waals surface area contributed by atoms with Crippen molar-refractivity contribution < 1.29 is 8.42 Å². The first kappa shape index (κ1) is 20.9. The number of para-hydroxylation sites is 1. The summed E-state index contributed by atoms with van der Waals surface area (Å²) >= 11 is 0. The maximum absolute atomic E-state index is 11.6. The molecule has 1 aromatic carbocycles. The van der Waals surface area contributed by atoms with Crippen LogP contribution < -0.4 is 15.5 Å². The predicted molar refractivity (Wildman–Crippen MR) is 115 cm³/mol. The van der Waals surface area contributed by atoms with Crippen LogP contribution in [0.4, 0.5) is 5.69 Å². The van der Waals surface area contributed by atoms with Crippen molar-refractivity contribution in [2.45, 2.75) is 32.2 Å². The van der Waals surface area contributed by atoms with E-state index in [4.69, 9.17) is 4.99 Å². The molecule has 2 saturated heterocycles. The molecule has 1 atom stereocenters. The lowest BCUT2D eigenvalue weighted by Gasteiger charge is -2.29. The zero-order valence-corrected chi connectivity index (χ0v) is 17.8. The number of hydrogen-bond acceptors (Lipinski definition) is 4. The standard InChI is InChI=1S/C20H33N5O2S/c1-3-21-20(22-15-17-9-13-25(14-10-17)28(2,26)27)23-18-11-12-24(16-18)19-7-5-4-6-8-19/h4-8,17-18H,3,9-16H2,1-2H3,(H2,21,22,23). The number of aliphatic imine (C=N–C) groups is 1. The fraction of sp³-hybridized carbons (Fsp3) is 0.650. The molecule has 1 unspecified atom stereocenters. The van der Waals surface area contributed by atoms with E-state index in [1.165, 1.54) is 11.9 Å². The molecular formula is C20H33N5O2S. The number of sulfonamides is 1. The summed E-state index contributed by atoms with van der Waals surface area (Å²) in [4.78, 5) is 7.20. The molecule has 0 spiro atoms. The van der Waals surface area contributed by atoms with Crippen molar-refractivity contribution in [2.75, 3.05) is 50.4 Å². The molecule has 0 amide bonds. The van der Waals surface area contributed by atoms with Gasteiger partial charge in [-0.1, -0.05) is 18.2 Å². The van der Waals surface area contributed by atoms with Gasteiger partial charge in [0.15, 0.2) is 5.96 Å². The molecule has 28 heavy (non-hydrogen) atoms. The molecule has 2 aliphatic heterocycles. The molecule has 0 radical (unpaired) electrons. The van der Waals surface area contributed by atoms with Crippen molar-refractivity contribution in [3.8, 4) is 0 Å². The number of benzene rings is 1. The Morgan fingerprint density at radius 3 is 2.50 bits per heavy atom. The predicted octanol–water partition coefficient (Wildman–Crippen LogP) is 1.49. The van der Waals surface area contributed by atoms with Gasteiger partial charge in [-0.15, -0.1) is 0 Å². The van der Waals surface area contributed by atoms with Crippen molar-refractivity contribution in [3.05, 3.63) is 30.3 Å². The van der Waals surface area contributed by atoms with Gasteiger partial charge in [-0.3, -0.25) is 4.99 Å². The average Bonchev–Trinajstić information content (AvgIpc) is 3.15. The van der Waals surface area contributed by atoms with Gasteiger partial charge < -0.3 is 15.5 Å². The second-order valence-corrected chi connectivity index (χ2v) is 9.72. The first-order valence-electron chi connectivity index (χ1n) is 10.3. The van der Waals surface area contributed by atoms with E-state index in [-0.39, 0.29) is 0 Å². The van der Waals surface area contributed by atoms with Gasteiger partial charge in [0.1, 0.15) is 0 Å². The number of nitrogens with zero attached hydrogens (tertiary/aromatic N) is 3. The molecule has 3 rings (SSSR count). The highest BCUT2D eigenvalue weighted by Gasteiger charge is 2.26. The van der Waals surface area contributed by atoms with Gasteiger partial charge >= 0.3 is 0 Å². The van der Waals surface area contributed by atoms with Gasteiger partial charge in [0.05, 0.1) is 6.26 Å². The fourth-order valence-corrected chi connectivity index (χ4v) is 4.78. The summed E-state index contributed by atoms with van der Waals surface area (Å²) in [6.07, 6.45) is 4.13. The highest BCUT2D eigenvalue weighted by Crippen LogP contribution is 2.21. The molecule has 0 saturated carbocycles. The molecule has 2 heterocycles. The fourth-order valence-electron chi connectivity index (χ4n) is 3.91. The number of nitrogens with one attached hydrogen (secondary N) is 2. The highest BCUT2D eigenvalue weighted by atomic mass is 32.2. The molecule has 2 aliphatic rings. The lowest BCUT2D eigenvalue weighted by Crippen LogP contribution is -2.45.